The number of nitrogens with zero attached hydrogens (tertiary/aromatic N) is 1. The fourth-order valence-electron chi connectivity index (χ4n) is 2.07. The maximum atomic E-state index is 12.3. The van der Waals surface area contributed by atoms with Crippen LogP contribution in [0.2, 0.25) is 0 Å². The lowest BCUT2D eigenvalue weighted by Gasteiger charge is -2.19. The SMILES string of the molecule is C[C@H]1CCCN(C(=O)c2cc(Br)c(Br)s2)CC1. The van der Waals surface area contributed by atoms with Gasteiger partial charge in [-0.15, -0.1) is 11.3 Å². The van der Waals surface area contributed by atoms with E-state index in [0.717, 1.165) is 45.0 Å². The predicted molar refractivity (Wildman–Crippen MR) is 78.6 cm³/mol. The number of likely N-dealkylation sites (tertiary alicyclic amines) is 1. The van der Waals surface area contributed by atoms with Crippen LogP contribution in [0.1, 0.15) is 35.9 Å². The Morgan fingerprint density at radius 1 is 1.41 bits per heavy atom. The minimum atomic E-state index is 0.176. The third kappa shape index (κ3) is 3.32. The van der Waals surface area contributed by atoms with E-state index in [2.05, 4.69) is 38.8 Å². The fourth-order valence-corrected chi connectivity index (χ4v) is 4.08. The average Bonchev–Trinajstić information content (AvgIpc) is 2.51. The second kappa shape index (κ2) is 5.85. The van der Waals surface area contributed by atoms with Gasteiger partial charge in [-0.05, 0) is 63.1 Å². The first kappa shape index (κ1) is 13.6. The van der Waals surface area contributed by atoms with Gasteiger partial charge in [0.25, 0.3) is 5.91 Å². The highest BCUT2D eigenvalue weighted by Crippen LogP contribution is 2.33. The van der Waals surface area contributed by atoms with Crippen LogP contribution in [-0.2, 0) is 0 Å². The predicted octanol–water partition coefficient (Wildman–Crippen LogP) is 4.54. The van der Waals surface area contributed by atoms with E-state index < -0.39 is 0 Å². The molecular formula is C12H15Br2NOS. The molecular weight excluding hydrogens is 366 g/mol. The number of carbonyl (C=O) groups excluding carboxylic acids is 1. The van der Waals surface area contributed by atoms with Gasteiger partial charge in [0.1, 0.15) is 0 Å². The molecule has 0 N–H and O–H groups in total. The molecule has 94 valence electrons. The molecule has 5 heteroatoms. The maximum Gasteiger partial charge on any atom is 0.264 e. The summed E-state index contributed by atoms with van der Waals surface area (Å²) in [7, 11) is 0. The lowest BCUT2D eigenvalue weighted by atomic mass is 10.0. The van der Waals surface area contributed by atoms with E-state index in [0.29, 0.717) is 0 Å². The largest absolute Gasteiger partial charge is 0.338 e. The van der Waals surface area contributed by atoms with Gasteiger partial charge in [-0.1, -0.05) is 6.92 Å². The zero-order valence-electron chi connectivity index (χ0n) is 9.71. The molecule has 0 aromatic carbocycles. The van der Waals surface area contributed by atoms with Crippen LogP contribution >= 0.6 is 43.2 Å². The second-order valence-corrected chi connectivity index (χ2v) is 7.79. The molecule has 1 aliphatic rings. The van der Waals surface area contributed by atoms with Crippen molar-refractivity contribution in [1.29, 1.82) is 0 Å². The fraction of sp³-hybridized carbons (Fsp3) is 0.583. The molecule has 1 fully saturated rings. The van der Waals surface area contributed by atoms with Gasteiger partial charge < -0.3 is 4.90 Å². The number of hydrogen-bond acceptors (Lipinski definition) is 2. The quantitative estimate of drug-likeness (QED) is 0.700. The summed E-state index contributed by atoms with van der Waals surface area (Å²) in [5.74, 6) is 0.921. The van der Waals surface area contributed by atoms with E-state index in [1.165, 1.54) is 17.8 Å². The van der Waals surface area contributed by atoms with Crippen LogP contribution in [0.25, 0.3) is 0 Å². The van der Waals surface area contributed by atoms with Gasteiger partial charge in [0.2, 0.25) is 0 Å². The molecule has 0 spiro atoms. The van der Waals surface area contributed by atoms with E-state index in [-0.39, 0.29) is 5.91 Å². The number of thiophene rings is 1. The molecule has 1 atom stereocenters. The first-order valence-electron chi connectivity index (χ1n) is 5.82. The molecule has 0 radical (unpaired) electrons. The lowest BCUT2D eigenvalue weighted by Crippen LogP contribution is -2.31. The summed E-state index contributed by atoms with van der Waals surface area (Å²) >= 11 is 8.36. The van der Waals surface area contributed by atoms with Crippen LogP contribution < -0.4 is 0 Å². The molecule has 2 rings (SSSR count). The van der Waals surface area contributed by atoms with Crippen LogP contribution in [0.5, 0.6) is 0 Å². The number of rotatable bonds is 1. The number of hydrogen-bond donors (Lipinski definition) is 0. The van der Waals surface area contributed by atoms with E-state index in [9.17, 15) is 4.79 Å². The first-order chi connectivity index (χ1) is 8.08. The molecule has 0 saturated carbocycles. The van der Waals surface area contributed by atoms with Crippen molar-refractivity contribution in [3.8, 4) is 0 Å². The van der Waals surface area contributed by atoms with Crippen molar-refractivity contribution in [2.75, 3.05) is 13.1 Å². The third-order valence-corrected chi connectivity index (χ3v) is 6.40. The number of carbonyl (C=O) groups is 1. The van der Waals surface area contributed by atoms with Crippen LogP contribution in [0.4, 0.5) is 0 Å². The van der Waals surface area contributed by atoms with Gasteiger partial charge in [-0.3, -0.25) is 4.79 Å². The zero-order valence-corrected chi connectivity index (χ0v) is 13.7. The summed E-state index contributed by atoms with van der Waals surface area (Å²) in [5, 5.41) is 0. The van der Waals surface area contributed by atoms with E-state index >= 15 is 0 Å². The summed E-state index contributed by atoms with van der Waals surface area (Å²) in [4.78, 5) is 15.1. The number of halogens is 2. The van der Waals surface area contributed by atoms with Crippen molar-refractivity contribution in [2.24, 2.45) is 5.92 Å². The van der Waals surface area contributed by atoms with Crippen LogP contribution in [-0.4, -0.2) is 23.9 Å². The van der Waals surface area contributed by atoms with Gasteiger partial charge in [-0.2, -0.15) is 0 Å². The number of amides is 1. The molecule has 1 aliphatic heterocycles. The van der Waals surface area contributed by atoms with Crippen molar-refractivity contribution in [3.63, 3.8) is 0 Å². The minimum Gasteiger partial charge on any atom is -0.338 e. The molecule has 1 saturated heterocycles. The van der Waals surface area contributed by atoms with Gasteiger partial charge in [0.15, 0.2) is 0 Å². The molecule has 1 amide bonds. The first-order valence-corrected chi connectivity index (χ1v) is 8.22. The molecule has 1 aromatic heterocycles. The monoisotopic (exact) mass is 379 g/mol. The van der Waals surface area contributed by atoms with Gasteiger partial charge >= 0.3 is 0 Å². The third-order valence-electron chi connectivity index (χ3n) is 3.16. The molecule has 0 unspecified atom stereocenters. The Morgan fingerprint density at radius 3 is 2.82 bits per heavy atom. The standard InChI is InChI=1S/C12H15Br2NOS/c1-8-3-2-5-15(6-4-8)12(16)10-7-9(13)11(14)17-10/h7-8H,2-6H2,1H3/t8-/m0/s1. The van der Waals surface area contributed by atoms with Gasteiger partial charge in [-0.25, -0.2) is 0 Å². The summed E-state index contributed by atoms with van der Waals surface area (Å²) in [6, 6.07) is 1.91. The van der Waals surface area contributed by atoms with Crippen molar-refractivity contribution in [2.45, 2.75) is 26.2 Å². The summed E-state index contributed by atoms with van der Waals surface area (Å²) < 4.78 is 1.96. The van der Waals surface area contributed by atoms with Crippen molar-refractivity contribution in [1.82, 2.24) is 4.90 Å². The Balaban J connectivity index is 2.09. The van der Waals surface area contributed by atoms with Crippen molar-refractivity contribution < 1.29 is 4.79 Å². The van der Waals surface area contributed by atoms with Crippen LogP contribution in [0.3, 0.4) is 0 Å². The Morgan fingerprint density at radius 2 is 2.18 bits per heavy atom. The normalized spacial score (nSPS) is 21.4. The molecule has 1 aromatic rings. The summed E-state index contributed by atoms with van der Waals surface area (Å²) in [5.41, 5.74) is 0. The topological polar surface area (TPSA) is 20.3 Å². The van der Waals surface area contributed by atoms with Crippen molar-refractivity contribution >= 4 is 49.1 Å². The zero-order chi connectivity index (χ0) is 12.4. The maximum absolute atomic E-state index is 12.3. The van der Waals surface area contributed by atoms with Crippen LogP contribution in [0.15, 0.2) is 14.3 Å². The summed E-state index contributed by atoms with van der Waals surface area (Å²) in [6.07, 6.45) is 3.49. The van der Waals surface area contributed by atoms with E-state index in [1.807, 2.05) is 11.0 Å². The Kier molecular flexibility index (Phi) is 4.66. The molecule has 2 heterocycles. The van der Waals surface area contributed by atoms with Gasteiger partial charge in [0.05, 0.1) is 8.66 Å². The van der Waals surface area contributed by atoms with Crippen molar-refractivity contribution in [3.05, 3.63) is 19.2 Å². The Bertz CT molecular complexity index is 399. The molecule has 0 aliphatic carbocycles. The Hall–Kier alpha value is 0.130. The Labute approximate surface area is 123 Å². The molecule has 17 heavy (non-hydrogen) atoms. The second-order valence-electron chi connectivity index (χ2n) is 4.56. The highest BCUT2D eigenvalue weighted by Gasteiger charge is 2.21. The van der Waals surface area contributed by atoms with E-state index in [1.54, 1.807) is 0 Å². The smallest absolute Gasteiger partial charge is 0.264 e. The molecule has 2 nitrogen and oxygen atoms in total. The van der Waals surface area contributed by atoms with Gasteiger partial charge in [0, 0.05) is 17.6 Å². The molecule has 0 bridgehead atoms. The minimum absolute atomic E-state index is 0.176. The average molecular weight is 381 g/mol. The summed E-state index contributed by atoms with van der Waals surface area (Å²) in [6.45, 7) is 4.07. The lowest BCUT2D eigenvalue weighted by molar-refractivity contribution is 0.0765. The highest BCUT2D eigenvalue weighted by atomic mass is 79.9. The van der Waals surface area contributed by atoms with Crippen LogP contribution in [0, 0.1) is 5.92 Å². The van der Waals surface area contributed by atoms with E-state index in [4.69, 9.17) is 0 Å². The highest BCUT2D eigenvalue weighted by molar-refractivity contribution is 9.13.